The van der Waals surface area contributed by atoms with E-state index in [1.807, 2.05) is 0 Å². The molecule has 59 nitrogen and oxygen atoms in total. The SMILES string of the molecule is C[C@H]1O[C@@H](O[C@H]2[C@H](OS(=O)(=O)O)[C@@H](OS(=O)(=O)O)[C@@H](O[C@H]3O[C@H](COS(=O)(=O)O)[C@@H](OS(=O)(=O)O)[C@H](OS(=O)(=O)O)[C@H]3OS(=O)(=O)O)O[C@@H]2COS(=O)(=O)O)[C@H](OS(=O)(=O)O)[C@@H](OS(=O)(=O)O)[C@@H]1O[C@H]1O[C@H](COS(=O)(=O)O)[C@@H](OS(=O)(=O)O)[C@H](OS(=O)(=O)O)[C@H]1OS(=O)(=O)O. The van der Waals surface area contributed by atoms with Crippen molar-refractivity contribution in [3.63, 3.8) is 0 Å². The summed E-state index contributed by atoms with van der Waals surface area (Å²) in [5.74, 6) is 0. The molecule has 13 N–H and O–H groups in total. The van der Waals surface area contributed by atoms with Crippen LogP contribution in [0.5, 0.6) is 0 Å². The van der Waals surface area contributed by atoms with Crippen LogP contribution >= 0.6 is 0 Å². The van der Waals surface area contributed by atoms with E-state index in [9.17, 15) is 169 Å². The predicted octanol–water partition coefficient (Wildman–Crippen LogP) is -11.0. The first-order chi connectivity index (χ1) is 42.5. The molecule has 4 heterocycles. The Balaban J connectivity index is 2.09. The van der Waals surface area contributed by atoms with E-state index in [2.05, 4.69) is 54.4 Å². The molecule has 0 aromatic heterocycles. The Morgan fingerprint density at radius 1 is 0.219 bits per heavy atom. The van der Waals surface area contributed by atoms with E-state index in [1.165, 1.54) is 0 Å². The lowest BCUT2D eigenvalue weighted by atomic mass is 9.96. The van der Waals surface area contributed by atoms with E-state index in [1.54, 1.807) is 0 Å². The van der Waals surface area contributed by atoms with Crippen LogP contribution in [0.15, 0.2) is 0 Å². The molecular formula is C24H42O59S13. The maximum Gasteiger partial charge on any atom is 0.397 e. The molecule has 4 aliphatic rings. The van der Waals surface area contributed by atoms with Crippen LogP contribution in [-0.2, 0) is 223 Å². The van der Waals surface area contributed by atoms with Gasteiger partial charge in [0, 0.05) is 0 Å². The Morgan fingerprint density at radius 3 is 0.635 bits per heavy atom. The Labute approximate surface area is 537 Å². The Bertz CT molecular complexity index is 4300. The van der Waals surface area contributed by atoms with Crippen LogP contribution < -0.4 is 0 Å². The van der Waals surface area contributed by atoms with E-state index >= 15 is 0 Å². The van der Waals surface area contributed by atoms with Gasteiger partial charge in [0.15, 0.2) is 49.6 Å². The van der Waals surface area contributed by atoms with Crippen molar-refractivity contribution >= 4 is 135 Å². The zero-order valence-electron chi connectivity index (χ0n) is 44.6. The average molecular weight is 1690 g/mol. The highest BCUT2D eigenvalue weighted by atomic mass is 32.3. The van der Waals surface area contributed by atoms with Crippen molar-refractivity contribution in [2.45, 2.75) is 130 Å². The molecule has 4 saturated heterocycles. The Hall–Kier alpha value is -1.97. The lowest BCUT2D eigenvalue weighted by Crippen LogP contribution is -2.69. The molecule has 0 aliphatic carbocycles. The van der Waals surface area contributed by atoms with Crippen molar-refractivity contribution in [1.82, 2.24) is 0 Å². The van der Waals surface area contributed by atoms with Crippen molar-refractivity contribution in [3.8, 4) is 0 Å². The molecule has 20 atom stereocenters. The molecule has 4 fully saturated rings. The minimum absolute atomic E-state index is 0.368. The second-order valence-corrected chi connectivity index (χ2v) is 31.5. The van der Waals surface area contributed by atoms with Crippen molar-refractivity contribution < 1.29 is 256 Å². The van der Waals surface area contributed by atoms with Crippen molar-refractivity contribution in [2.75, 3.05) is 19.8 Å². The molecule has 0 spiro atoms. The van der Waals surface area contributed by atoms with Crippen LogP contribution in [0.4, 0.5) is 0 Å². The maximum absolute atomic E-state index is 12.7. The number of hydrogen-bond donors (Lipinski definition) is 13. The largest absolute Gasteiger partial charge is 0.397 e. The second kappa shape index (κ2) is 31.2. The Morgan fingerprint density at radius 2 is 0.396 bits per heavy atom. The summed E-state index contributed by atoms with van der Waals surface area (Å²) in [5, 5.41) is 0. The molecule has 4 aliphatic heterocycles. The lowest BCUT2D eigenvalue weighted by molar-refractivity contribution is -0.386. The maximum atomic E-state index is 12.7. The van der Waals surface area contributed by atoms with Crippen molar-refractivity contribution in [2.24, 2.45) is 0 Å². The normalized spacial score (nSPS) is 33.4. The summed E-state index contributed by atoms with van der Waals surface area (Å²) in [6, 6.07) is 0. The number of hydrogen-bond acceptors (Lipinski definition) is 46. The summed E-state index contributed by atoms with van der Waals surface area (Å²) in [6.07, 6.45) is -69.3. The van der Waals surface area contributed by atoms with Gasteiger partial charge in [0.2, 0.25) is 0 Å². The summed E-state index contributed by atoms with van der Waals surface area (Å²) in [4.78, 5) is 0. The molecule has 0 amide bonds. The average Bonchev–Trinajstić information content (AvgIpc) is 0.763. The summed E-state index contributed by atoms with van der Waals surface area (Å²) in [6.45, 7) is -6.13. The van der Waals surface area contributed by atoms with Crippen LogP contribution in [0.2, 0.25) is 0 Å². The summed E-state index contributed by atoms with van der Waals surface area (Å²) >= 11 is 0. The predicted molar refractivity (Wildman–Crippen MR) is 268 cm³/mol. The molecule has 0 saturated carbocycles. The molecule has 4 rings (SSSR count). The summed E-state index contributed by atoms with van der Waals surface area (Å²) in [5.41, 5.74) is 0. The first kappa shape index (κ1) is 86.4. The van der Waals surface area contributed by atoms with Gasteiger partial charge < -0.3 is 33.2 Å². The topological polar surface area (TPSA) is 891 Å². The molecule has 0 aromatic carbocycles. The fourth-order valence-electron chi connectivity index (χ4n) is 8.19. The van der Waals surface area contributed by atoms with E-state index < -0.39 is 278 Å². The number of ether oxygens (including phenoxy) is 7. The van der Waals surface area contributed by atoms with Gasteiger partial charge in [0.25, 0.3) is 0 Å². The van der Waals surface area contributed by atoms with Gasteiger partial charge in [0.1, 0.15) is 67.1 Å². The molecule has 0 bridgehead atoms. The van der Waals surface area contributed by atoms with Gasteiger partial charge in [-0.05, 0) is 6.92 Å². The van der Waals surface area contributed by atoms with Crippen LogP contribution in [0.3, 0.4) is 0 Å². The monoisotopic (exact) mass is 1690 g/mol. The van der Waals surface area contributed by atoms with Crippen LogP contribution in [-0.4, -0.2) is 311 Å². The molecule has 96 heavy (non-hydrogen) atoms. The standard InChI is InChI=1S/C24H42O59S13/c1-5-9(71-22-19(82-95(58,59)60)15(78-91(46,47)48)11(74-87(34,35)36)7(69-22)3-65-85(28,29)30)13(76-89(40,41)42)17(80-93(52,53)54)21(67-5)72-10-6(2-64-84(25,26)27)68-23(18(81-94(55,56)57)14(10)77-90(43,44)45)73-24-20(83-96(61,62)63)16(79-92(49,50)51)12(75-88(37,38)39)8(70-24)4-66-86(31,32)33/h5-24H,2-4H2,1H3,(H,25,26,27)(H,28,29,30)(H,31,32,33)(H,34,35,36)(H,37,38,39)(H,40,41,42)(H,43,44,45)(H,46,47,48)(H,49,50,51)(H,52,53,54)(H,55,56,57)(H,58,59,60)(H,61,62,63)/t5-,6-,7-,8-,9-,10-,11-,12-,13+,14+,15+,16+,17-,18-,19-,20-,21+,22-,23-,24-/m1/s1. The van der Waals surface area contributed by atoms with Gasteiger partial charge in [-0.2, -0.15) is 109 Å². The van der Waals surface area contributed by atoms with Gasteiger partial charge in [-0.1, -0.05) is 0 Å². The van der Waals surface area contributed by atoms with E-state index in [0.29, 0.717) is 6.92 Å². The van der Waals surface area contributed by atoms with Gasteiger partial charge in [0.05, 0.1) is 25.9 Å². The Kier molecular flexibility index (Phi) is 28.1. The third-order valence-corrected chi connectivity index (χ3v) is 16.8. The third kappa shape index (κ3) is 30.5. The van der Waals surface area contributed by atoms with Gasteiger partial charge >= 0.3 is 135 Å². The van der Waals surface area contributed by atoms with Gasteiger partial charge in [-0.3, -0.25) is 59.2 Å². The molecular weight excluding hydrogens is 1650 g/mol. The quantitative estimate of drug-likeness (QED) is 0.0262. The highest BCUT2D eigenvalue weighted by molar-refractivity contribution is 7.83. The fourth-order valence-corrected chi connectivity index (χ4v) is 14.1. The molecule has 0 unspecified atom stereocenters. The highest BCUT2D eigenvalue weighted by Gasteiger charge is 2.62. The fraction of sp³-hybridized carbons (Fsp3) is 1.00. The van der Waals surface area contributed by atoms with Crippen LogP contribution in [0, 0.1) is 0 Å². The van der Waals surface area contributed by atoms with Crippen LogP contribution in [0.25, 0.3) is 0 Å². The lowest BCUT2D eigenvalue weighted by Gasteiger charge is -2.50. The van der Waals surface area contributed by atoms with E-state index in [4.69, 9.17) is 33.2 Å². The molecule has 72 heteroatoms. The molecule has 0 radical (unpaired) electrons. The first-order valence-corrected chi connectivity index (χ1v) is 40.3. The minimum atomic E-state index is -6.67. The highest BCUT2D eigenvalue weighted by Crippen LogP contribution is 2.41. The zero-order valence-corrected chi connectivity index (χ0v) is 55.2. The summed E-state index contributed by atoms with van der Waals surface area (Å²) < 4.78 is 533. The first-order valence-electron chi connectivity index (χ1n) is 22.5. The van der Waals surface area contributed by atoms with E-state index in [-0.39, 0.29) is 0 Å². The van der Waals surface area contributed by atoms with Gasteiger partial charge in [-0.15, -0.1) is 0 Å². The number of rotatable bonds is 35. The van der Waals surface area contributed by atoms with Gasteiger partial charge in [-0.25, -0.2) is 54.4 Å². The molecule has 570 valence electrons. The second-order valence-electron chi connectivity index (χ2n) is 17.7. The van der Waals surface area contributed by atoms with Crippen molar-refractivity contribution in [1.29, 1.82) is 0 Å². The van der Waals surface area contributed by atoms with Crippen LogP contribution in [0.1, 0.15) is 6.92 Å². The minimum Gasteiger partial charge on any atom is -0.344 e. The molecule has 0 aromatic rings. The summed E-state index contributed by atoms with van der Waals surface area (Å²) in [7, 11) is -82.6. The smallest absolute Gasteiger partial charge is 0.344 e. The van der Waals surface area contributed by atoms with Crippen molar-refractivity contribution in [3.05, 3.63) is 0 Å². The van der Waals surface area contributed by atoms with E-state index in [0.717, 1.165) is 0 Å². The third-order valence-electron chi connectivity index (χ3n) is 10.8. The zero-order chi connectivity index (χ0) is 74.3.